The lowest BCUT2D eigenvalue weighted by atomic mass is 10.1. The van der Waals surface area contributed by atoms with Gasteiger partial charge in [0, 0.05) is 29.9 Å². The molecule has 4 aromatic heterocycles. The molecule has 0 aliphatic heterocycles. The first-order valence-electron chi connectivity index (χ1n) is 10.1. The molecule has 0 unspecified atom stereocenters. The van der Waals surface area contributed by atoms with Gasteiger partial charge in [0.2, 0.25) is 0 Å². The van der Waals surface area contributed by atoms with Gasteiger partial charge in [-0.25, -0.2) is 32.5 Å². The largest absolute Gasteiger partial charge is 0.383 e. The van der Waals surface area contributed by atoms with Gasteiger partial charge in [0.05, 0.1) is 16.8 Å². The molecule has 0 aliphatic rings. The smallest absolute Gasteiger partial charge is 0.182 e. The van der Waals surface area contributed by atoms with Gasteiger partial charge in [0.15, 0.2) is 17.5 Å². The molecule has 0 bridgehead atoms. The molecule has 0 spiro atoms. The van der Waals surface area contributed by atoms with Crippen LogP contribution in [0.5, 0.6) is 0 Å². The number of fused-ring (bicyclic) bond motifs is 1. The van der Waals surface area contributed by atoms with Gasteiger partial charge in [-0.05, 0) is 38.1 Å². The molecule has 7 nitrogen and oxygen atoms in total. The summed E-state index contributed by atoms with van der Waals surface area (Å²) in [7, 11) is 0. The van der Waals surface area contributed by atoms with Crippen molar-refractivity contribution in [2.45, 2.75) is 20.3 Å². The van der Waals surface area contributed by atoms with Crippen LogP contribution in [0.2, 0.25) is 0 Å². The fourth-order valence-corrected chi connectivity index (χ4v) is 3.87. The van der Waals surface area contributed by atoms with Crippen LogP contribution in [0, 0.1) is 37.1 Å². The predicted octanol–water partition coefficient (Wildman–Crippen LogP) is 4.79. The molecule has 0 aliphatic carbocycles. The summed E-state index contributed by atoms with van der Waals surface area (Å²) in [5.41, 5.74) is 8.04. The van der Waals surface area contributed by atoms with Gasteiger partial charge in [0.1, 0.15) is 34.7 Å². The summed E-state index contributed by atoms with van der Waals surface area (Å²) in [6, 6.07) is 4.15. The number of anilines is 1. The Hall–Kier alpha value is -4.28. The monoisotopic (exact) mass is 468 g/mol. The molecule has 11 heteroatoms. The number of hydrogen-bond acceptors (Lipinski definition) is 6. The van der Waals surface area contributed by atoms with Crippen molar-refractivity contribution in [3.8, 4) is 22.6 Å². The lowest BCUT2D eigenvalue weighted by Crippen LogP contribution is -2.04. The van der Waals surface area contributed by atoms with Gasteiger partial charge in [-0.3, -0.25) is 4.40 Å². The van der Waals surface area contributed by atoms with E-state index in [2.05, 4.69) is 20.1 Å². The minimum absolute atomic E-state index is 0.0601. The summed E-state index contributed by atoms with van der Waals surface area (Å²) < 4.78 is 62.7. The Kier molecular flexibility index (Phi) is 5.03. The Labute approximate surface area is 189 Å². The molecule has 172 valence electrons. The second-order valence-corrected chi connectivity index (χ2v) is 7.67. The van der Waals surface area contributed by atoms with Crippen LogP contribution in [0.4, 0.5) is 23.4 Å². The maximum absolute atomic E-state index is 14.3. The second-order valence-electron chi connectivity index (χ2n) is 7.67. The number of rotatable bonds is 4. The third-order valence-electron chi connectivity index (χ3n) is 5.48. The zero-order valence-electron chi connectivity index (χ0n) is 17.9. The lowest BCUT2D eigenvalue weighted by molar-refractivity contribution is 0.393. The topological polar surface area (TPSA) is 95.1 Å². The van der Waals surface area contributed by atoms with Crippen molar-refractivity contribution in [3.05, 3.63) is 82.8 Å². The molecule has 4 heterocycles. The van der Waals surface area contributed by atoms with E-state index >= 15 is 0 Å². The third-order valence-corrected chi connectivity index (χ3v) is 5.48. The zero-order valence-corrected chi connectivity index (χ0v) is 17.9. The van der Waals surface area contributed by atoms with Crippen LogP contribution in [-0.2, 0) is 6.42 Å². The molecular formula is C23H16F4N6O. The first-order valence-corrected chi connectivity index (χ1v) is 10.1. The Bertz CT molecular complexity index is 1560. The molecule has 0 radical (unpaired) electrons. The molecular weight excluding hydrogens is 452 g/mol. The Morgan fingerprint density at radius 3 is 2.47 bits per heavy atom. The van der Waals surface area contributed by atoms with E-state index in [4.69, 9.17) is 10.3 Å². The maximum atomic E-state index is 14.3. The number of pyridine rings is 1. The van der Waals surface area contributed by atoms with E-state index in [1.54, 1.807) is 13.8 Å². The van der Waals surface area contributed by atoms with Crippen LogP contribution in [0.3, 0.4) is 0 Å². The van der Waals surface area contributed by atoms with Crippen molar-refractivity contribution in [2.75, 3.05) is 5.73 Å². The van der Waals surface area contributed by atoms with E-state index in [1.807, 2.05) is 0 Å². The van der Waals surface area contributed by atoms with E-state index in [0.717, 1.165) is 12.3 Å². The summed E-state index contributed by atoms with van der Waals surface area (Å²) in [6.45, 7) is 3.49. The van der Waals surface area contributed by atoms with Gasteiger partial charge >= 0.3 is 0 Å². The maximum Gasteiger partial charge on any atom is 0.182 e. The van der Waals surface area contributed by atoms with Crippen LogP contribution >= 0.6 is 0 Å². The molecule has 5 rings (SSSR count). The van der Waals surface area contributed by atoms with E-state index in [-0.39, 0.29) is 23.2 Å². The highest BCUT2D eigenvalue weighted by Gasteiger charge is 2.22. The fourth-order valence-electron chi connectivity index (χ4n) is 3.87. The normalized spacial score (nSPS) is 11.5. The molecule has 0 atom stereocenters. The number of halogens is 4. The number of aromatic nitrogens is 5. The van der Waals surface area contributed by atoms with Gasteiger partial charge in [-0.15, -0.1) is 0 Å². The van der Waals surface area contributed by atoms with Gasteiger partial charge in [0.25, 0.3) is 0 Å². The molecule has 5 aromatic rings. The molecule has 0 saturated heterocycles. The second kappa shape index (κ2) is 7.94. The van der Waals surface area contributed by atoms with E-state index in [9.17, 15) is 17.6 Å². The zero-order chi connectivity index (χ0) is 24.1. The summed E-state index contributed by atoms with van der Waals surface area (Å²) in [5, 5.41) is 3.90. The summed E-state index contributed by atoms with van der Waals surface area (Å²) >= 11 is 0. The SMILES string of the molecule is Cc1noc(C)c1-c1cnc(-c2nc(Cc3c(F)ccc(F)c3F)n3cc(F)ccc23)nc1N. The van der Waals surface area contributed by atoms with Crippen LogP contribution in [0.15, 0.2) is 41.2 Å². The third kappa shape index (κ3) is 3.45. The Morgan fingerprint density at radius 1 is 1.00 bits per heavy atom. The average molecular weight is 468 g/mol. The predicted molar refractivity (Wildman–Crippen MR) is 115 cm³/mol. The van der Waals surface area contributed by atoms with Gasteiger partial charge in [-0.1, -0.05) is 5.16 Å². The molecule has 0 saturated carbocycles. The lowest BCUT2D eigenvalue weighted by Gasteiger charge is -2.06. The van der Waals surface area contributed by atoms with Crippen molar-refractivity contribution >= 4 is 11.3 Å². The summed E-state index contributed by atoms with van der Waals surface area (Å²) in [5.74, 6) is -3.23. The van der Waals surface area contributed by atoms with E-state index < -0.39 is 35.3 Å². The molecule has 1 aromatic carbocycles. The van der Waals surface area contributed by atoms with E-state index in [0.29, 0.717) is 34.2 Å². The number of benzene rings is 1. The standard InChI is InChI=1S/C23H16F4N6O/c1-10-19(11(2)34-32-10)14-8-29-23(31-22(14)28)21-17-6-3-12(24)9-33(17)18(30-21)7-13-15(25)4-5-16(26)20(13)27/h3-6,8-9H,7H2,1-2H3,(H2,28,29,31). The number of aryl methyl sites for hydroxylation is 2. The van der Waals surface area contributed by atoms with Crippen molar-refractivity contribution in [1.29, 1.82) is 0 Å². The first kappa shape index (κ1) is 21.6. The average Bonchev–Trinajstić information content (AvgIpc) is 3.33. The molecule has 0 amide bonds. The van der Waals surface area contributed by atoms with Crippen LogP contribution < -0.4 is 5.73 Å². The molecule has 0 fully saturated rings. The highest BCUT2D eigenvalue weighted by Crippen LogP contribution is 2.32. The number of imidazole rings is 1. The number of hydrogen-bond donors (Lipinski definition) is 1. The van der Waals surface area contributed by atoms with Crippen molar-refractivity contribution in [1.82, 2.24) is 24.5 Å². The van der Waals surface area contributed by atoms with Crippen molar-refractivity contribution in [3.63, 3.8) is 0 Å². The summed E-state index contributed by atoms with van der Waals surface area (Å²) in [4.78, 5) is 13.1. The number of nitrogens with two attached hydrogens (primary N) is 1. The minimum Gasteiger partial charge on any atom is -0.383 e. The number of nitrogens with zero attached hydrogens (tertiary/aromatic N) is 5. The first-order chi connectivity index (χ1) is 16.2. The van der Waals surface area contributed by atoms with Crippen LogP contribution in [0.1, 0.15) is 22.8 Å². The summed E-state index contributed by atoms with van der Waals surface area (Å²) in [6.07, 6.45) is 2.16. The van der Waals surface area contributed by atoms with Crippen LogP contribution in [0.25, 0.3) is 28.2 Å². The minimum atomic E-state index is -1.33. The van der Waals surface area contributed by atoms with E-state index in [1.165, 1.54) is 22.7 Å². The molecule has 34 heavy (non-hydrogen) atoms. The molecule has 2 N–H and O–H groups in total. The van der Waals surface area contributed by atoms with Gasteiger partial charge in [-0.2, -0.15) is 0 Å². The highest BCUT2D eigenvalue weighted by molar-refractivity contribution is 5.79. The Balaban J connectivity index is 1.65. The fraction of sp³-hybridized carbons (Fsp3) is 0.130. The highest BCUT2D eigenvalue weighted by atomic mass is 19.2. The van der Waals surface area contributed by atoms with Crippen molar-refractivity contribution < 1.29 is 22.1 Å². The van der Waals surface area contributed by atoms with Crippen molar-refractivity contribution in [2.24, 2.45) is 0 Å². The van der Waals surface area contributed by atoms with Crippen LogP contribution in [-0.4, -0.2) is 24.5 Å². The number of nitrogen functional groups attached to an aromatic ring is 1. The Morgan fingerprint density at radius 2 is 1.76 bits per heavy atom. The quantitative estimate of drug-likeness (QED) is 0.301. The van der Waals surface area contributed by atoms with Gasteiger partial charge < -0.3 is 10.3 Å².